The first-order valence-corrected chi connectivity index (χ1v) is 7.51. The summed E-state index contributed by atoms with van der Waals surface area (Å²) in [6.07, 6.45) is 10.1. The normalized spacial score (nSPS) is 40.9. The van der Waals surface area contributed by atoms with Crippen molar-refractivity contribution in [3.05, 3.63) is 0 Å². The summed E-state index contributed by atoms with van der Waals surface area (Å²) in [6.45, 7) is 2.25. The maximum absolute atomic E-state index is 6.49. The van der Waals surface area contributed by atoms with Crippen LogP contribution in [0.5, 0.6) is 0 Å². The average Bonchev–Trinajstić information content (AvgIpc) is 2.38. The quantitative estimate of drug-likeness (QED) is 0.719. The molecule has 1 aliphatic carbocycles. The molecule has 104 valence electrons. The SMILES string of the molecule is CN=C1CCC2CC(C)(N)CCCCCC2N1C. The van der Waals surface area contributed by atoms with Crippen molar-refractivity contribution in [3.8, 4) is 0 Å². The van der Waals surface area contributed by atoms with Crippen molar-refractivity contribution in [2.75, 3.05) is 14.1 Å². The number of fused-ring (bicyclic) bond motifs is 1. The zero-order chi connectivity index (χ0) is 13.2. The van der Waals surface area contributed by atoms with Gasteiger partial charge in [0.1, 0.15) is 0 Å². The van der Waals surface area contributed by atoms with Gasteiger partial charge in [0.15, 0.2) is 0 Å². The molecule has 1 aliphatic heterocycles. The third-order valence-electron chi connectivity index (χ3n) is 4.92. The van der Waals surface area contributed by atoms with E-state index in [2.05, 4.69) is 23.9 Å². The van der Waals surface area contributed by atoms with Crippen molar-refractivity contribution in [2.24, 2.45) is 16.6 Å². The van der Waals surface area contributed by atoms with Gasteiger partial charge in [0.05, 0.1) is 5.84 Å². The highest BCUT2D eigenvalue weighted by atomic mass is 15.2. The van der Waals surface area contributed by atoms with Crippen LogP contribution in [-0.4, -0.2) is 36.4 Å². The molecule has 3 atom stereocenters. The van der Waals surface area contributed by atoms with E-state index in [-0.39, 0.29) is 5.54 Å². The fraction of sp³-hybridized carbons (Fsp3) is 0.933. The molecule has 0 bridgehead atoms. The topological polar surface area (TPSA) is 41.6 Å². The van der Waals surface area contributed by atoms with Crippen LogP contribution in [0.2, 0.25) is 0 Å². The van der Waals surface area contributed by atoms with Crippen molar-refractivity contribution in [3.63, 3.8) is 0 Å². The van der Waals surface area contributed by atoms with E-state index < -0.39 is 0 Å². The molecule has 0 aromatic heterocycles. The molecule has 2 rings (SSSR count). The fourth-order valence-electron chi connectivity index (χ4n) is 3.89. The van der Waals surface area contributed by atoms with Crippen molar-refractivity contribution >= 4 is 5.84 Å². The minimum absolute atomic E-state index is 0.0367. The van der Waals surface area contributed by atoms with E-state index in [4.69, 9.17) is 5.73 Å². The lowest BCUT2D eigenvalue weighted by molar-refractivity contribution is 0.169. The molecule has 1 heterocycles. The van der Waals surface area contributed by atoms with E-state index in [0.717, 1.165) is 12.3 Å². The second-order valence-electron chi connectivity index (χ2n) is 6.57. The van der Waals surface area contributed by atoms with E-state index in [9.17, 15) is 0 Å². The lowest BCUT2D eigenvalue weighted by Crippen LogP contribution is -2.49. The molecule has 0 aromatic rings. The number of hydrogen-bond donors (Lipinski definition) is 1. The van der Waals surface area contributed by atoms with Crippen LogP contribution in [-0.2, 0) is 0 Å². The first-order valence-electron chi connectivity index (χ1n) is 7.51. The predicted molar refractivity (Wildman–Crippen MR) is 77.9 cm³/mol. The summed E-state index contributed by atoms with van der Waals surface area (Å²) in [5.74, 6) is 2.04. The molecule has 2 aliphatic rings. The molecular weight excluding hydrogens is 222 g/mol. The molecule has 1 saturated heterocycles. The van der Waals surface area contributed by atoms with Crippen LogP contribution in [0, 0.1) is 5.92 Å². The van der Waals surface area contributed by atoms with E-state index in [1.807, 2.05) is 7.05 Å². The molecule has 3 unspecified atom stereocenters. The van der Waals surface area contributed by atoms with Crippen molar-refractivity contribution in [2.45, 2.75) is 69.9 Å². The van der Waals surface area contributed by atoms with Crippen LogP contribution in [0.4, 0.5) is 0 Å². The highest BCUT2D eigenvalue weighted by Gasteiger charge is 2.36. The summed E-state index contributed by atoms with van der Waals surface area (Å²) in [7, 11) is 4.15. The van der Waals surface area contributed by atoms with E-state index in [1.54, 1.807) is 0 Å². The van der Waals surface area contributed by atoms with Crippen molar-refractivity contribution in [1.82, 2.24) is 4.90 Å². The minimum Gasteiger partial charge on any atom is -0.360 e. The van der Waals surface area contributed by atoms with Crippen molar-refractivity contribution in [1.29, 1.82) is 0 Å². The maximum atomic E-state index is 6.49. The molecule has 0 radical (unpaired) electrons. The van der Waals surface area contributed by atoms with Gasteiger partial charge in [-0.1, -0.05) is 19.3 Å². The van der Waals surface area contributed by atoms with Gasteiger partial charge in [-0.2, -0.15) is 0 Å². The summed E-state index contributed by atoms with van der Waals surface area (Å²) >= 11 is 0. The number of hydrogen-bond acceptors (Lipinski definition) is 2. The van der Waals surface area contributed by atoms with Gasteiger partial charge < -0.3 is 10.6 Å². The van der Waals surface area contributed by atoms with Crippen LogP contribution in [0.15, 0.2) is 4.99 Å². The van der Waals surface area contributed by atoms with Gasteiger partial charge in [-0.15, -0.1) is 0 Å². The summed E-state index contributed by atoms with van der Waals surface area (Å²) in [5, 5.41) is 0. The Labute approximate surface area is 112 Å². The molecule has 3 heteroatoms. The lowest BCUT2D eigenvalue weighted by atomic mass is 9.78. The highest BCUT2D eigenvalue weighted by Crippen LogP contribution is 2.35. The van der Waals surface area contributed by atoms with Crippen LogP contribution in [0.3, 0.4) is 0 Å². The van der Waals surface area contributed by atoms with Crippen LogP contribution < -0.4 is 5.73 Å². The predicted octanol–water partition coefficient (Wildman–Crippen LogP) is 2.80. The summed E-state index contributed by atoms with van der Waals surface area (Å²) < 4.78 is 0. The molecular formula is C15H29N3. The number of likely N-dealkylation sites (tertiary alicyclic amines) is 1. The number of rotatable bonds is 0. The summed E-state index contributed by atoms with van der Waals surface area (Å²) in [4.78, 5) is 6.88. The molecule has 1 saturated carbocycles. The Morgan fingerprint density at radius 2 is 2.06 bits per heavy atom. The van der Waals surface area contributed by atoms with Gasteiger partial charge in [-0.3, -0.25) is 4.99 Å². The van der Waals surface area contributed by atoms with Gasteiger partial charge in [0, 0.05) is 32.1 Å². The molecule has 3 nitrogen and oxygen atoms in total. The lowest BCUT2D eigenvalue weighted by Gasteiger charge is -2.43. The van der Waals surface area contributed by atoms with Gasteiger partial charge in [-0.25, -0.2) is 0 Å². The number of nitrogens with two attached hydrogens (primary N) is 1. The Morgan fingerprint density at radius 1 is 1.28 bits per heavy atom. The Kier molecular flexibility index (Phi) is 4.31. The number of aliphatic imine (C=N–C) groups is 1. The maximum Gasteiger partial charge on any atom is 0.0985 e. The molecule has 0 aromatic carbocycles. The molecule has 2 N–H and O–H groups in total. The first-order chi connectivity index (χ1) is 8.53. The average molecular weight is 251 g/mol. The second-order valence-corrected chi connectivity index (χ2v) is 6.57. The minimum atomic E-state index is 0.0367. The van der Waals surface area contributed by atoms with Crippen molar-refractivity contribution < 1.29 is 0 Å². The van der Waals surface area contributed by atoms with Gasteiger partial charge in [0.25, 0.3) is 0 Å². The summed E-state index contributed by atoms with van der Waals surface area (Å²) in [5.41, 5.74) is 6.52. The largest absolute Gasteiger partial charge is 0.360 e. The van der Waals surface area contributed by atoms with Crippen LogP contribution in [0.1, 0.15) is 58.3 Å². The third kappa shape index (κ3) is 3.05. The van der Waals surface area contributed by atoms with E-state index in [1.165, 1.54) is 50.8 Å². The number of amidine groups is 1. The standard InChI is InChI=1S/C15H29N3/c1-15(16)10-6-4-5-7-13-12(11-15)8-9-14(17-2)18(13)3/h12-13H,4-11,16H2,1-3H3. The zero-order valence-electron chi connectivity index (χ0n) is 12.3. The van der Waals surface area contributed by atoms with Gasteiger partial charge >= 0.3 is 0 Å². The number of piperidine rings is 1. The van der Waals surface area contributed by atoms with Crippen LogP contribution >= 0.6 is 0 Å². The van der Waals surface area contributed by atoms with E-state index in [0.29, 0.717) is 6.04 Å². The molecule has 18 heavy (non-hydrogen) atoms. The zero-order valence-corrected chi connectivity index (χ0v) is 12.3. The van der Waals surface area contributed by atoms with Gasteiger partial charge in [-0.05, 0) is 38.5 Å². The highest BCUT2D eigenvalue weighted by molar-refractivity contribution is 5.83. The second kappa shape index (κ2) is 5.60. The first kappa shape index (κ1) is 13.9. The Morgan fingerprint density at radius 3 is 2.78 bits per heavy atom. The molecule has 2 fully saturated rings. The smallest absolute Gasteiger partial charge is 0.0985 e. The van der Waals surface area contributed by atoms with E-state index >= 15 is 0 Å². The summed E-state index contributed by atoms with van der Waals surface area (Å²) in [6, 6.07) is 0.665. The molecule has 0 amide bonds. The van der Waals surface area contributed by atoms with Crippen LogP contribution in [0.25, 0.3) is 0 Å². The number of nitrogens with zero attached hydrogens (tertiary/aromatic N) is 2. The third-order valence-corrected chi connectivity index (χ3v) is 4.92. The van der Waals surface area contributed by atoms with Gasteiger partial charge in [0.2, 0.25) is 0 Å². The Balaban J connectivity index is 2.15. The monoisotopic (exact) mass is 251 g/mol. The Hall–Kier alpha value is -0.570. The molecule has 0 spiro atoms. The fourth-order valence-corrected chi connectivity index (χ4v) is 3.89. The Bertz CT molecular complexity index is 309.